The fourth-order valence-corrected chi connectivity index (χ4v) is 3.98. The fraction of sp³-hybridized carbons (Fsp3) is 0.556. The number of carbonyl (C=O) groups is 2. The molecule has 6 nitrogen and oxygen atoms in total. The fourth-order valence-electron chi connectivity index (χ4n) is 3.98. The van der Waals surface area contributed by atoms with Crippen LogP contribution in [-0.2, 0) is 9.59 Å². The van der Waals surface area contributed by atoms with E-state index in [0.29, 0.717) is 26.2 Å². The predicted octanol–water partition coefficient (Wildman–Crippen LogP) is 1.60. The number of ether oxygens (including phenoxy) is 2. The van der Waals surface area contributed by atoms with Gasteiger partial charge in [0, 0.05) is 32.1 Å². The van der Waals surface area contributed by atoms with Crippen molar-refractivity contribution in [2.24, 2.45) is 5.92 Å². The van der Waals surface area contributed by atoms with Gasteiger partial charge in [0.2, 0.25) is 11.8 Å². The number of benzene rings is 1. The van der Waals surface area contributed by atoms with Gasteiger partial charge in [-0.1, -0.05) is 12.1 Å². The molecule has 0 radical (unpaired) electrons. The molecule has 0 unspecified atom stereocenters. The summed E-state index contributed by atoms with van der Waals surface area (Å²) in [4.78, 5) is 28.3. The maximum atomic E-state index is 13.0. The number of hydrogen-bond donors (Lipinski definition) is 0. The Labute approximate surface area is 141 Å². The van der Waals surface area contributed by atoms with E-state index >= 15 is 0 Å². The molecule has 3 aliphatic heterocycles. The molecule has 0 aromatic heterocycles. The van der Waals surface area contributed by atoms with Crippen LogP contribution in [0.5, 0.6) is 11.5 Å². The zero-order valence-corrected chi connectivity index (χ0v) is 13.9. The maximum Gasteiger partial charge on any atom is 0.228 e. The Morgan fingerprint density at radius 2 is 2.08 bits per heavy atom. The highest BCUT2D eigenvalue weighted by Gasteiger charge is 2.40. The van der Waals surface area contributed by atoms with Crippen molar-refractivity contribution in [2.75, 3.05) is 33.4 Å². The lowest BCUT2D eigenvalue weighted by Crippen LogP contribution is -2.37. The van der Waals surface area contributed by atoms with Crippen LogP contribution in [0.25, 0.3) is 0 Å². The van der Waals surface area contributed by atoms with Crippen molar-refractivity contribution in [2.45, 2.75) is 25.3 Å². The van der Waals surface area contributed by atoms with E-state index in [1.165, 1.54) is 0 Å². The Balaban J connectivity index is 1.60. The van der Waals surface area contributed by atoms with E-state index in [2.05, 4.69) is 0 Å². The predicted molar refractivity (Wildman–Crippen MR) is 86.9 cm³/mol. The van der Waals surface area contributed by atoms with E-state index < -0.39 is 0 Å². The topological polar surface area (TPSA) is 59.1 Å². The minimum Gasteiger partial charge on any atom is -0.486 e. The molecule has 1 aromatic carbocycles. The molecule has 2 amide bonds. The van der Waals surface area contributed by atoms with Gasteiger partial charge in [-0.15, -0.1) is 0 Å². The Hall–Kier alpha value is -2.24. The lowest BCUT2D eigenvalue weighted by molar-refractivity contribution is -0.136. The first-order valence-corrected chi connectivity index (χ1v) is 8.58. The molecule has 2 atom stereocenters. The third-order valence-corrected chi connectivity index (χ3v) is 5.18. The minimum atomic E-state index is -0.222. The molecule has 24 heavy (non-hydrogen) atoms. The van der Waals surface area contributed by atoms with Crippen molar-refractivity contribution in [3.8, 4) is 11.5 Å². The van der Waals surface area contributed by atoms with Crippen LogP contribution in [0.2, 0.25) is 0 Å². The highest BCUT2D eigenvalue weighted by atomic mass is 16.6. The first-order valence-electron chi connectivity index (χ1n) is 8.58. The van der Waals surface area contributed by atoms with Crippen LogP contribution in [0.4, 0.5) is 0 Å². The third kappa shape index (κ3) is 2.50. The lowest BCUT2D eigenvalue weighted by Gasteiger charge is -2.30. The number of likely N-dealkylation sites (tertiary alicyclic amines) is 2. The standard InChI is InChI=1S/C18H22N2O4/c1-19-11-12(10-16(19)21)18(22)20-7-3-5-14(20)13-4-2-6-15-17(13)24-9-8-23-15/h2,4,6,12,14H,3,5,7-11H2,1H3/t12-,14-/m0/s1. The summed E-state index contributed by atoms with van der Waals surface area (Å²) in [6.07, 6.45) is 2.21. The highest BCUT2D eigenvalue weighted by Crippen LogP contribution is 2.43. The molecule has 0 spiro atoms. The van der Waals surface area contributed by atoms with Crippen molar-refractivity contribution in [1.29, 1.82) is 0 Å². The zero-order chi connectivity index (χ0) is 16.7. The van der Waals surface area contributed by atoms with Gasteiger partial charge < -0.3 is 19.3 Å². The summed E-state index contributed by atoms with van der Waals surface area (Å²) in [7, 11) is 1.76. The van der Waals surface area contributed by atoms with E-state index in [-0.39, 0.29) is 23.8 Å². The Morgan fingerprint density at radius 1 is 1.25 bits per heavy atom. The van der Waals surface area contributed by atoms with Crippen LogP contribution in [0.15, 0.2) is 18.2 Å². The summed E-state index contributed by atoms with van der Waals surface area (Å²) < 4.78 is 11.5. The number of rotatable bonds is 2. The molecule has 4 rings (SSSR count). The van der Waals surface area contributed by atoms with Gasteiger partial charge in [0.1, 0.15) is 13.2 Å². The molecule has 2 saturated heterocycles. The molecule has 0 bridgehead atoms. The van der Waals surface area contributed by atoms with E-state index in [1.807, 2.05) is 23.1 Å². The summed E-state index contributed by atoms with van der Waals surface area (Å²) >= 11 is 0. The van der Waals surface area contributed by atoms with Gasteiger partial charge in [0.05, 0.1) is 12.0 Å². The van der Waals surface area contributed by atoms with Crippen molar-refractivity contribution < 1.29 is 19.1 Å². The van der Waals surface area contributed by atoms with E-state index in [0.717, 1.165) is 36.4 Å². The number of para-hydroxylation sites is 1. The molecule has 0 N–H and O–H groups in total. The number of nitrogens with zero attached hydrogens (tertiary/aromatic N) is 2. The Kier molecular flexibility index (Phi) is 3.82. The average Bonchev–Trinajstić information content (AvgIpc) is 3.21. The van der Waals surface area contributed by atoms with Crippen LogP contribution in [-0.4, -0.2) is 55.0 Å². The summed E-state index contributed by atoms with van der Waals surface area (Å²) in [5.74, 6) is 1.45. The SMILES string of the molecule is CN1C[C@@H](C(=O)N2CCC[C@H]2c2cccc3c2OCCO3)CC1=O. The Morgan fingerprint density at radius 3 is 2.88 bits per heavy atom. The molecule has 6 heteroatoms. The molecule has 2 fully saturated rings. The van der Waals surface area contributed by atoms with Crippen molar-refractivity contribution in [3.63, 3.8) is 0 Å². The molecule has 0 saturated carbocycles. The minimum absolute atomic E-state index is 0.00941. The Bertz CT molecular complexity index is 675. The number of fused-ring (bicyclic) bond motifs is 1. The van der Waals surface area contributed by atoms with Gasteiger partial charge in [-0.3, -0.25) is 9.59 Å². The van der Waals surface area contributed by atoms with Gasteiger partial charge in [0.15, 0.2) is 11.5 Å². The molecule has 3 aliphatic rings. The van der Waals surface area contributed by atoms with Gasteiger partial charge in [-0.25, -0.2) is 0 Å². The lowest BCUT2D eigenvalue weighted by atomic mass is 10.0. The second-order valence-electron chi connectivity index (χ2n) is 6.74. The van der Waals surface area contributed by atoms with Crippen LogP contribution >= 0.6 is 0 Å². The molecular weight excluding hydrogens is 308 g/mol. The highest BCUT2D eigenvalue weighted by molar-refractivity contribution is 5.89. The van der Waals surface area contributed by atoms with Gasteiger partial charge >= 0.3 is 0 Å². The molecule has 3 heterocycles. The number of carbonyl (C=O) groups excluding carboxylic acids is 2. The van der Waals surface area contributed by atoms with Crippen molar-refractivity contribution in [1.82, 2.24) is 9.80 Å². The van der Waals surface area contributed by atoms with E-state index in [1.54, 1.807) is 11.9 Å². The monoisotopic (exact) mass is 330 g/mol. The van der Waals surface area contributed by atoms with Gasteiger partial charge in [-0.2, -0.15) is 0 Å². The third-order valence-electron chi connectivity index (χ3n) is 5.18. The summed E-state index contributed by atoms with van der Waals surface area (Å²) in [5.41, 5.74) is 1.02. The van der Waals surface area contributed by atoms with Crippen LogP contribution in [0.3, 0.4) is 0 Å². The molecule has 1 aromatic rings. The second-order valence-corrected chi connectivity index (χ2v) is 6.74. The van der Waals surface area contributed by atoms with Crippen LogP contribution in [0.1, 0.15) is 30.9 Å². The van der Waals surface area contributed by atoms with E-state index in [4.69, 9.17) is 9.47 Å². The van der Waals surface area contributed by atoms with Gasteiger partial charge in [-0.05, 0) is 18.9 Å². The zero-order valence-electron chi connectivity index (χ0n) is 13.9. The van der Waals surface area contributed by atoms with E-state index in [9.17, 15) is 9.59 Å². The maximum absolute atomic E-state index is 13.0. The van der Waals surface area contributed by atoms with Crippen molar-refractivity contribution >= 4 is 11.8 Å². The summed E-state index contributed by atoms with van der Waals surface area (Å²) in [6, 6.07) is 5.89. The van der Waals surface area contributed by atoms with Crippen LogP contribution < -0.4 is 9.47 Å². The first kappa shape index (κ1) is 15.3. The molecular formula is C18H22N2O4. The van der Waals surface area contributed by atoms with Crippen LogP contribution in [0, 0.1) is 5.92 Å². The van der Waals surface area contributed by atoms with Gasteiger partial charge in [0.25, 0.3) is 0 Å². The molecule has 128 valence electrons. The quantitative estimate of drug-likeness (QED) is 0.826. The average molecular weight is 330 g/mol. The number of hydrogen-bond acceptors (Lipinski definition) is 4. The number of amides is 2. The normalized spacial score (nSPS) is 26.1. The molecule has 0 aliphatic carbocycles. The first-order chi connectivity index (χ1) is 11.6. The largest absolute Gasteiger partial charge is 0.486 e. The smallest absolute Gasteiger partial charge is 0.228 e. The second kappa shape index (κ2) is 6.00. The summed E-state index contributed by atoms with van der Waals surface area (Å²) in [6.45, 7) is 2.35. The summed E-state index contributed by atoms with van der Waals surface area (Å²) in [5, 5.41) is 0. The van der Waals surface area contributed by atoms with Crippen molar-refractivity contribution in [3.05, 3.63) is 23.8 Å².